The normalized spacial score (nSPS) is 23.4. The van der Waals surface area contributed by atoms with E-state index in [0.29, 0.717) is 5.56 Å². The number of aromatic nitrogens is 1. The highest BCUT2D eigenvalue weighted by Gasteiger charge is 2.40. The zero-order chi connectivity index (χ0) is 19.7. The average molecular weight is 394 g/mol. The molecule has 1 aliphatic heterocycles. The van der Waals surface area contributed by atoms with Crippen molar-refractivity contribution in [1.82, 2.24) is 9.29 Å². The van der Waals surface area contributed by atoms with Crippen molar-refractivity contribution in [2.45, 2.75) is 43.9 Å². The van der Waals surface area contributed by atoms with E-state index in [4.69, 9.17) is 9.47 Å². The first-order chi connectivity index (χ1) is 12.6. The van der Waals surface area contributed by atoms with Gasteiger partial charge < -0.3 is 14.0 Å². The van der Waals surface area contributed by atoms with Crippen molar-refractivity contribution >= 4 is 10.4 Å². The van der Waals surface area contributed by atoms with Gasteiger partial charge in [-0.25, -0.2) is 9.37 Å². The van der Waals surface area contributed by atoms with Gasteiger partial charge in [-0.05, 0) is 44.5 Å². The lowest BCUT2D eigenvalue weighted by molar-refractivity contribution is -0.0455. The Labute approximate surface area is 159 Å². The fourth-order valence-electron chi connectivity index (χ4n) is 2.74. The largest absolute Gasteiger partial charge is 0.593 e. The lowest BCUT2D eigenvalue weighted by Gasteiger charge is -2.27. The van der Waals surface area contributed by atoms with Gasteiger partial charge in [0.15, 0.2) is 10.4 Å². The maximum atomic E-state index is 13.5. The number of pyridine rings is 1. The summed E-state index contributed by atoms with van der Waals surface area (Å²) < 4.78 is 52.7. The number of fused-ring (bicyclic) bond motifs is 1. The number of hydrogen-bond donors (Lipinski definition) is 0. The summed E-state index contributed by atoms with van der Waals surface area (Å²) in [5.41, 5.74) is 0.163. The molecule has 8 heteroatoms. The van der Waals surface area contributed by atoms with Gasteiger partial charge in [0.25, 0.3) is 5.88 Å². The highest BCUT2D eigenvalue weighted by Crippen LogP contribution is 2.33. The van der Waals surface area contributed by atoms with Crippen LogP contribution in [0.15, 0.2) is 47.5 Å². The number of nitrogens with zero attached hydrogens (tertiary/aromatic N) is 2. The van der Waals surface area contributed by atoms with Crippen LogP contribution in [0.2, 0.25) is 0 Å². The van der Waals surface area contributed by atoms with Crippen LogP contribution in [0.5, 0.6) is 5.88 Å². The molecule has 0 saturated carbocycles. The fraction of sp³-hybridized carbons (Fsp3) is 0.421. The Kier molecular flexibility index (Phi) is 5.62. The van der Waals surface area contributed by atoms with Crippen LogP contribution < -0.4 is 4.74 Å². The Bertz CT molecular complexity index is 856. The minimum absolute atomic E-state index is 0.000313. The molecule has 2 aromatic rings. The van der Waals surface area contributed by atoms with Crippen LogP contribution in [0.3, 0.4) is 0 Å². The third kappa shape index (κ3) is 4.90. The molecule has 1 aliphatic rings. The summed E-state index contributed by atoms with van der Waals surface area (Å²) in [5.74, 6) is -0.354. The van der Waals surface area contributed by atoms with Crippen molar-refractivity contribution in [2.75, 3.05) is 13.2 Å². The minimum atomic E-state index is -3.85. The third-order valence-corrected chi connectivity index (χ3v) is 5.81. The molecular weight excluding hydrogens is 371 g/mol. The van der Waals surface area contributed by atoms with Crippen LogP contribution in [0, 0.1) is 5.82 Å². The second-order valence-electron chi connectivity index (χ2n) is 7.40. The van der Waals surface area contributed by atoms with E-state index < -0.39 is 27.9 Å². The lowest BCUT2D eigenvalue weighted by Crippen LogP contribution is -2.42. The number of benzene rings is 1. The van der Waals surface area contributed by atoms with E-state index in [0.717, 1.165) is 0 Å². The van der Waals surface area contributed by atoms with E-state index in [-0.39, 0.29) is 30.5 Å². The van der Waals surface area contributed by atoms with Crippen molar-refractivity contribution in [3.63, 3.8) is 0 Å². The predicted octanol–water partition coefficient (Wildman–Crippen LogP) is 3.20. The van der Waals surface area contributed by atoms with Crippen LogP contribution in [0.1, 0.15) is 26.3 Å². The highest BCUT2D eigenvalue weighted by atomic mass is 32.3. The molecule has 0 radical (unpaired) electrons. The molecular formula is C19H23FN2O4S. The monoisotopic (exact) mass is 394 g/mol. The second-order valence-corrected chi connectivity index (χ2v) is 9.30. The molecule has 2 unspecified atom stereocenters. The van der Waals surface area contributed by atoms with Crippen LogP contribution in [0.25, 0.3) is 0 Å². The number of rotatable bonds is 4. The number of sulfonamides is 1. The summed E-state index contributed by atoms with van der Waals surface area (Å²) in [4.78, 5) is 4.08. The Morgan fingerprint density at radius 2 is 2.15 bits per heavy atom. The summed E-state index contributed by atoms with van der Waals surface area (Å²) in [5, 5.41) is 0. The molecule has 1 aromatic carbocycles. The quantitative estimate of drug-likeness (QED) is 0.745. The molecule has 2 atom stereocenters. The van der Waals surface area contributed by atoms with Crippen molar-refractivity contribution in [3.8, 4) is 5.88 Å². The Hall–Kier alpha value is -1.87. The number of halogens is 1. The van der Waals surface area contributed by atoms with Gasteiger partial charge >= 0.3 is 0 Å². The van der Waals surface area contributed by atoms with Gasteiger partial charge in [-0.15, -0.1) is 4.31 Å². The maximum absolute atomic E-state index is 13.5. The molecule has 1 aromatic heterocycles. The molecule has 0 bridgehead atoms. The summed E-state index contributed by atoms with van der Waals surface area (Å²) in [6.07, 6.45) is 0.946. The first-order valence-electron chi connectivity index (χ1n) is 8.65. The van der Waals surface area contributed by atoms with E-state index in [1.54, 1.807) is 18.2 Å². The predicted molar refractivity (Wildman–Crippen MR) is 98.3 cm³/mol. The summed E-state index contributed by atoms with van der Waals surface area (Å²) in [6, 6.07) is 8.90. The van der Waals surface area contributed by atoms with Gasteiger partial charge in [-0.3, -0.25) is 0 Å². The zero-order valence-corrected chi connectivity index (χ0v) is 16.4. The smallest absolute Gasteiger partial charge is 0.272 e. The van der Waals surface area contributed by atoms with E-state index in [2.05, 4.69) is 4.98 Å². The van der Waals surface area contributed by atoms with E-state index in [9.17, 15) is 13.2 Å². The molecule has 0 aliphatic carbocycles. The fourth-order valence-corrected chi connectivity index (χ4v) is 4.27. The van der Waals surface area contributed by atoms with Crippen LogP contribution in [-0.2, 0) is 25.9 Å². The van der Waals surface area contributed by atoms with Crippen molar-refractivity contribution < 1.29 is 22.6 Å². The van der Waals surface area contributed by atoms with Gasteiger partial charge in [0.05, 0.1) is 25.3 Å². The Morgan fingerprint density at radius 3 is 2.85 bits per heavy atom. The second kappa shape index (κ2) is 7.63. The maximum Gasteiger partial charge on any atom is 0.272 e. The zero-order valence-electron chi connectivity index (χ0n) is 15.6. The van der Waals surface area contributed by atoms with Gasteiger partial charge in [0.2, 0.25) is 4.90 Å². The van der Waals surface area contributed by atoms with E-state index in [1.165, 1.54) is 28.7 Å². The van der Waals surface area contributed by atoms with E-state index >= 15 is 0 Å². The first kappa shape index (κ1) is 19.9. The van der Waals surface area contributed by atoms with Crippen LogP contribution in [-0.4, -0.2) is 38.7 Å². The van der Waals surface area contributed by atoms with Gasteiger partial charge in [-0.1, -0.05) is 16.3 Å². The standard InChI is InChI=1S/C19H23FN2O4S/c1-19(2,3)25-13-16-12-22(11-14-6-4-7-15(20)10-14)27(23,24)17-8-5-9-21-18(17)26-16/h4-10,16H,11-13H2,1-3H3. The van der Waals surface area contributed by atoms with Crippen molar-refractivity contribution in [1.29, 1.82) is 0 Å². The summed E-state index contributed by atoms with van der Waals surface area (Å²) in [6.45, 7) is 6.05. The van der Waals surface area contributed by atoms with Crippen molar-refractivity contribution in [2.24, 2.45) is 0 Å². The molecule has 0 saturated heterocycles. The average Bonchev–Trinajstić information content (AvgIpc) is 2.68. The third-order valence-electron chi connectivity index (χ3n) is 3.99. The minimum Gasteiger partial charge on any atom is -0.593 e. The highest BCUT2D eigenvalue weighted by molar-refractivity contribution is 7.95. The Balaban J connectivity index is 1.93. The van der Waals surface area contributed by atoms with Gasteiger partial charge in [0.1, 0.15) is 11.9 Å². The molecule has 0 amide bonds. The van der Waals surface area contributed by atoms with Gasteiger partial charge in [-0.2, -0.15) is 0 Å². The molecule has 0 spiro atoms. The van der Waals surface area contributed by atoms with E-state index in [1.807, 2.05) is 20.8 Å². The SMILES string of the molecule is CC(C)(C)OCC1CN(Cc2cccc(F)c2)[S+](=O)([O-])c2cccnc2O1. The molecule has 2 heterocycles. The van der Waals surface area contributed by atoms with Crippen molar-refractivity contribution in [3.05, 3.63) is 54.0 Å². The summed E-state index contributed by atoms with van der Waals surface area (Å²) in [7, 11) is -3.85. The van der Waals surface area contributed by atoms with Crippen LogP contribution >= 0.6 is 0 Å². The molecule has 3 rings (SSSR count). The molecule has 6 nitrogen and oxygen atoms in total. The Morgan fingerprint density at radius 1 is 1.37 bits per heavy atom. The number of ether oxygens (including phenoxy) is 2. The molecule has 0 fully saturated rings. The van der Waals surface area contributed by atoms with Crippen LogP contribution in [0.4, 0.5) is 4.39 Å². The topological polar surface area (TPSA) is 74.7 Å². The number of hydrogen-bond acceptors (Lipinski definition) is 5. The summed E-state index contributed by atoms with van der Waals surface area (Å²) >= 11 is 0. The molecule has 146 valence electrons. The lowest BCUT2D eigenvalue weighted by atomic mass is 10.2. The van der Waals surface area contributed by atoms with Gasteiger partial charge in [0, 0.05) is 12.3 Å². The molecule has 27 heavy (non-hydrogen) atoms. The molecule has 0 N–H and O–H groups in total. The first-order valence-corrected chi connectivity index (χ1v) is 10.1.